The molecule has 0 spiro atoms. The zero-order chi connectivity index (χ0) is 15.7. The number of hydrogen-bond donors (Lipinski definition) is 2. The van der Waals surface area contributed by atoms with Crippen LogP contribution in [0.15, 0.2) is 4.90 Å². The molecule has 1 aliphatic rings. The second kappa shape index (κ2) is 6.06. The second-order valence-corrected chi connectivity index (χ2v) is 8.39. The molecule has 6 nitrogen and oxygen atoms in total. The summed E-state index contributed by atoms with van der Waals surface area (Å²) in [5, 5.41) is 10.1. The molecular formula is C14H26N4O2S. The second-order valence-electron chi connectivity index (χ2n) is 6.51. The van der Waals surface area contributed by atoms with E-state index in [2.05, 4.69) is 29.4 Å². The van der Waals surface area contributed by atoms with Crippen LogP contribution in [0.25, 0.3) is 0 Å². The van der Waals surface area contributed by atoms with Crippen LogP contribution in [0.1, 0.15) is 45.0 Å². The molecule has 0 amide bonds. The largest absolute Gasteiger partial charge is 0.311 e. The van der Waals surface area contributed by atoms with E-state index in [0.29, 0.717) is 35.9 Å². The van der Waals surface area contributed by atoms with Gasteiger partial charge in [-0.25, -0.2) is 8.42 Å². The van der Waals surface area contributed by atoms with Gasteiger partial charge < -0.3 is 5.32 Å². The van der Waals surface area contributed by atoms with Crippen molar-refractivity contribution in [2.24, 2.45) is 5.41 Å². The third-order valence-electron chi connectivity index (χ3n) is 3.97. The minimum atomic E-state index is -3.48. The lowest BCUT2D eigenvalue weighted by molar-refractivity contribution is 0.187. The van der Waals surface area contributed by atoms with Gasteiger partial charge in [0, 0.05) is 19.6 Å². The molecule has 1 aliphatic heterocycles. The Balaban J connectivity index is 2.33. The fraction of sp³-hybridized carbons (Fsp3) is 0.786. The van der Waals surface area contributed by atoms with Gasteiger partial charge in [-0.15, -0.1) is 0 Å². The quantitative estimate of drug-likeness (QED) is 0.866. The summed E-state index contributed by atoms with van der Waals surface area (Å²) >= 11 is 0. The lowest BCUT2D eigenvalue weighted by atomic mass is 9.85. The molecule has 0 bridgehead atoms. The smallest absolute Gasteiger partial charge is 0.246 e. The summed E-state index contributed by atoms with van der Waals surface area (Å²) in [7, 11) is -3.48. The van der Waals surface area contributed by atoms with Crippen molar-refractivity contribution in [2.75, 3.05) is 19.6 Å². The van der Waals surface area contributed by atoms with Gasteiger partial charge in [0.05, 0.1) is 11.4 Å². The Morgan fingerprint density at radius 1 is 1.43 bits per heavy atom. The molecule has 0 aromatic carbocycles. The molecular weight excluding hydrogens is 288 g/mol. The topological polar surface area (TPSA) is 78.1 Å². The van der Waals surface area contributed by atoms with Crippen molar-refractivity contribution in [1.29, 1.82) is 0 Å². The molecule has 7 heteroatoms. The van der Waals surface area contributed by atoms with Crippen molar-refractivity contribution in [1.82, 2.24) is 19.8 Å². The third-order valence-corrected chi connectivity index (χ3v) is 6.02. The Kier molecular flexibility index (Phi) is 4.75. The molecule has 1 aromatic rings. The molecule has 0 atom stereocenters. The number of nitrogens with zero attached hydrogens (tertiary/aromatic N) is 2. The number of hydrogen-bond acceptors (Lipinski definition) is 4. The molecule has 0 saturated carbocycles. The van der Waals surface area contributed by atoms with Crippen LogP contribution in [-0.2, 0) is 16.6 Å². The molecule has 2 N–H and O–H groups in total. The number of H-pyrrole nitrogens is 1. The number of aromatic nitrogens is 2. The Morgan fingerprint density at radius 2 is 2.14 bits per heavy atom. The Morgan fingerprint density at radius 3 is 2.76 bits per heavy atom. The summed E-state index contributed by atoms with van der Waals surface area (Å²) in [4.78, 5) is 0.348. The maximum atomic E-state index is 13.0. The average Bonchev–Trinajstić information content (AvgIpc) is 2.77. The fourth-order valence-corrected chi connectivity index (χ4v) is 4.87. The van der Waals surface area contributed by atoms with Crippen LogP contribution in [-0.4, -0.2) is 42.6 Å². The lowest BCUT2D eigenvalue weighted by Gasteiger charge is -2.37. The highest BCUT2D eigenvalue weighted by molar-refractivity contribution is 7.89. The lowest BCUT2D eigenvalue weighted by Crippen LogP contribution is -2.43. The molecule has 21 heavy (non-hydrogen) atoms. The van der Waals surface area contributed by atoms with E-state index >= 15 is 0 Å². The molecule has 1 saturated heterocycles. The van der Waals surface area contributed by atoms with Gasteiger partial charge in [-0.05, 0) is 31.7 Å². The predicted molar refractivity (Wildman–Crippen MR) is 82.5 cm³/mol. The first-order valence-electron chi connectivity index (χ1n) is 7.52. The monoisotopic (exact) mass is 314 g/mol. The van der Waals surface area contributed by atoms with Gasteiger partial charge in [-0.3, -0.25) is 5.10 Å². The van der Waals surface area contributed by atoms with Crippen LogP contribution in [0.2, 0.25) is 0 Å². The molecule has 120 valence electrons. The number of aryl methyl sites for hydroxylation is 1. The van der Waals surface area contributed by atoms with Crippen molar-refractivity contribution >= 4 is 10.0 Å². The average molecular weight is 314 g/mol. The van der Waals surface area contributed by atoms with Crippen LogP contribution < -0.4 is 5.32 Å². The number of rotatable bonds is 5. The van der Waals surface area contributed by atoms with E-state index < -0.39 is 10.0 Å². The van der Waals surface area contributed by atoms with E-state index in [0.717, 1.165) is 19.4 Å². The standard InChI is InChI=1S/C14H26N4O2S/c1-5-15-9-12-13(11(2)16-17-12)21(19,20)18-8-6-7-14(3,4)10-18/h15H,5-10H2,1-4H3,(H,16,17). The van der Waals surface area contributed by atoms with Gasteiger partial charge in [-0.2, -0.15) is 9.40 Å². The zero-order valence-electron chi connectivity index (χ0n) is 13.4. The van der Waals surface area contributed by atoms with Gasteiger partial charge in [0.1, 0.15) is 4.90 Å². The summed E-state index contributed by atoms with van der Waals surface area (Å²) in [6.45, 7) is 10.4. The van der Waals surface area contributed by atoms with Crippen LogP contribution in [0.5, 0.6) is 0 Å². The minimum Gasteiger partial charge on any atom is -0.311 e. The molecule has 0 radical (unpaired) electrons. The summed E-state index contributed by atoms with van der Waals surface area (Å²) in [5.74, 6) is 0. The normalized spacial score (nSPS) is 19.8. The maximum Gasteiger partial charge on any atom is 0.246 e. The van der Waals surface area contributed by atoms with E-state index in [1.54, 1.807) is 11.2 Å². The van der Waals surface area contributed by atoms with Gasteiger partial charge in [0.15, 0.2) is 0 Å². The minimum absolute atomic E-state index is 0.0325. The van der Waals surface area contributed by atoms with Crippen molar-refractivity contribution in [3.63, 3.8) is 0 Å². The zero-order valence-corrected chi connectivity index (χ0v) is 14.2. The van der Waals surface area contributed by atoms with Crippen molar-refractivity contribution in [3.05, 3.63) is 11.4 Å². The van der Waals surface area contributed by atoms with Crippen LogP contribution in [0.3, 0.4) is 0 Å². The predicted octanol–water partition coefficient (Wildman–Crippen LogP) is 1.64. The van der Waals surface area contributed by atoms with Crippen LogP contribution in [0, 0.1) is 12.3 Å². The highest BCUT2D eigenvalue weighted by atomic mass is 32.2. The first-order chi connectivity index (χ1) is 9.78. The van der Waals surface area contributed by atoms with E-state index in [-0.39, 0.29) is 5.41 Å². The summed E-state index contributed by atoms with van der Waals surface area (Å²) in [6, 6.07) is 0. The molecule has 0 aliphatic carbocycles. The highest BCUT2D eigenvalue weighted by Gasteiger charge is 2.36. The highest BCUT2D eigenvalue weighted by Crippen LogP contribution is 2.33. The van der Waals surface area contributed by atoms with Crippen LogP contribution in [0.4, 0.5) is 0 Å². The SMILES string of the molecule is CCNCc1n[nH]c(C)c1S(=O)(=O)N1CCCC(C)(C)C1. The molecule has 0 unspecified atom stereocenters. The number of nitrogens with one attached hydrogen (secondary N) is 2. The Bertz CT molecular complexity index is 592. The fourth-order valence-electron chi connectivity index (χ4n) is 2.88. The Labute approximate surface area is 127 Å². The molecule has 1 aromatic heterocycles. The maximum absolute atomic E-state index is 13.0. The van der Waals surface area contributed by atoms with Crippen LogP contribution >= 0.6 is 0 Å². The van der Waals surface area contributed by atoms with Gasteiger partial charge in [0.2, 0.25) is 10.0 Å². The van der Waals surface area contributed by atoms with Crippen molar-refractivity contribution in [3.8, 4) is 0 Å². The molecule has 2 rings (SSSR count). The third kappa shape index (κ3) is 3.46. The van der Waals surface area contributed by atoms with E-state index in [1.807, 2.05) is 6.92 Å². The first kappa shape index (κ1) is 16.5. The van der Waals surface area contributed by atoms with Gasteiger partial charge in [0.25, 0.3) is 0 Å². The first-order valence-corrected chi connectivity index (χ1v) is 8.96. The molecule has 1 fully saturated rings. The van der Waals surface area contributed by atoms with E-state index in [4.69, 9.17) is 0 Å². The molecule has 2 heterocycles. The van der Waals surface area contributed by atoms with E-state index in [9.17, 15) is 8.42 Å². The van der Waals surface area contributed by atoms with Crippen molar-refractivity contribution in [2.45, 2.75) is 52.0 Å². The van der Waals surface area contributed by atoms with E-state index in [1.165, 1.54) is 0 Å². The summed E-state index contributed by atoms with van der Waals surface area (Å²) in [6.07, 6.45) is 1.97. The number of piperidine rings is 1. The Hall–Kier alpha value is -0.920. The van der Waals surface area contributed by atoms with Gasteiger partial charge in [-0.1, -0.05) is 20.8 Å². The van der Waals surface area contributed by atoms with Gasteiger partial charge >= 0.3 is 0 Å². The number of aromatic amines is 1. The summed E-state index contributed by atoms with van der Waals surface area (Å²) < 4.78 is 27.6. The van der Waals surface area contributed by atoms with Crippen molar-refractivity contribution < 1.29 is 8.42 Å². The summed E-state index contributed by atoms with van der Waals surface area (Å²) in [5.41, 5.74) is 1.23. The number of sulfonamides is 1.